The molecule has 2 heteroatoms. The molecule has 2 aromatic rings. The average molecular weight is 330 g/mol. The molecule has 1 fully saturated rings. The summed E-state index contributed by atoms with van der Waals surface area (Å²) in [5.41, 5.74) is 2.87. The van der Waals surface area contributed by atoms with Gasteiger partial charge in [-0.05, 0) is 43.0 Å². The molecule has 0 amide bonds. The molecule has 1 nitrogen and oxygen atoms in total. The third-order valence-electron chi connectivity index (χ3n) is 3.97. The molecule has 1 aliphatic rings. The molecule has 0 aliphatic heterocycles. The van der Waals surface area contributed by atoms with Gasteiger partial charge in [0, 0.05) is 22.5 Å². The fraction of sp³-hybridized carbons (Fsp3) is 0.333. The van der Waals surface area contributed by atoms with Gasteiger partial charge in [-0.2, -0.15) is 0 Å². The van der Waals surface area contributed by atoms with E-state index in [1.54, 1.807) is 0 Å². The lowest BCUT2D eigenvalue weighted by molar-refractivity contribution is 0.536. The molecule has 2 aromatic carbocycles. The van der Waals surface area contributed by atoms with E-state index in [1.807, 2.05) is 0 Å². The highest BCUT2D eigenvalue weighted by Crippen LogP contribution is 2.40. The first-order valence-electron chi connectivity index (χ1n) is 7.28. The minimum Gasteiger partial charge on any atom is -0.311 e. The molecular formula is C18H20BrN. The van der Waals surface area contributed by atoms with E-state index in [9.17, 15) is 0 Å². The molecule has 3 rings (SSSR count). The number of hydrogen-bond acceptors (Lipinski definition) is 1. The van der Waals surface area contributed by atoms with E-state index in [0.717, 1.165) is 10.9 Å². The maximum absolute atomic E-state index is 3.75. The highest BCUT2D eigenvalue weighted by atomic mass is 79.9. The Hall–Kier alpha value is -1.12. The van der Waals surface area contributed by atoms with Crippen molar-refractivity contribution in [2.24, 2.45) is 0 Å². The highest BCUT2D eigenvalue weighted by Gasteiger charge is 2.38. The Balaban J connectivity index is 1.51. The standard InChI is InChI=1S/C18H20BrN/c1-13(11-14-7-9-16(19)10-8-14)20-18-12-17(18)15-5-3-2-4-6-15/h2-10,13,17-18,20H,11-12H2,1H3. The second-order valence-electron chi connectivity index (χ2n) is 5.76. The van der Waals surface area contributed by atoms with Crippen LogP contribution in [-0.2, 0) is 6.42 Å². The summed E-state index contributed by atoms with van der Waals surface area (Å²) >= 11 is 3.48. The zero-order valence-electron chi connectivity index (χ0n) is 11.7. The Kier molecular flexibility index (Phi) is 4.23. The van der Waals surface area contributed by atoms with Crippen molar-refractivity contribution >= 4 is 15.9 Å². The summed E-state index contributed by atoms with van der Waals surface area (Å²) in [5, 5.41) is 3.75. The van der Waals surface area contributed by atoms with E-state index in [4.69, 9.17) is 0 Å². The van der Waals surface area contributed by atoms with Crippen LogP contribution in [0.5, 0.6) is 0 Å². The molecule has 104 valence electrons. The van der Waals surface area contributed by atoms with Crippen LogP contribution in [0.15, 0.2) is 59.1 Å². The van der Waals surface area contributed by atoms with Crippen molar-refractivity contribution in [1.29, 1.82) is 0 Å². The second-order valence-corrected chi connectivity index (χ2v) is 6.67. The molecule has 3 unspecified atom stereocenters. The monoisotopic (exact) mass is 329 g/mol. The van der Waals surface area contributed by atoms with Crippen LogP contribution in [0.1, 0.15) is 30.4 Å². The third-order valence-corrected chi connectivity index (χ3v) is 4.50. The second kappa shape index (κ2) is 6.11. The molecule has 0 aromatic heterocycles. The van der Waals surface area contributed by atoms with Gasteiger partial charge in [-0.1, -0.05) is 58.4 Å². The molecule has 0 bridgehead atoms. The van der Waals surface area contributed by atoms with Crippen molar-refractivity contribution in [2.75, 3.05) is 0 Å². The summed E-state index contributed by atoms with van der Waals surface area (Å²) in [6, 6.07) is 20.7. The van der Waals surface area contributed by atoms with Crippen molar-refractivity contribution in [3.8, 4) is 0 Å². The van der Waals surface area contributed by atoms with Gasteiger partial charge < -0.3 is 5.32 Å². The molecule has 0 radical (unpaired) electrons. The summed E-state index contributed by atoms with van der Waals surface area (Å²) in [6.07, 6.45) is 2.36. The smallest absolute Gasteiger partial charge is 0.0175 e. The van der Waals surface area contributed by atoms with Gasteiger partial charge in [0.05, 0.1) is 0 Å². The van der Waals surface area contributed by atoms with Crippen LogP contribution < -0.4 is 5.32 Å². The average Bonchev–Trinajstić information content (AvgIpc) is 3.21. The van der Waals surface area contributed by atoms with E-state index in [-0.39, 0.29) is 0 Å². The number of rotatable bonds is 5. The summed E-state index contributed by atoms with van der Waals surface area (Å²) in [7, 11) is 0. The maximum Gasteiger partial charge on any atom is 0.0175 e. The van der Waals surface area contributed by atoms with Crippen LogP contribution in [0.2, 0.25) is 0 Å². The summed E-state index contributed by atoms with van der Waals surface area (Å²) < 4.78 is 1.15. The van der Waals surface area contributed by atoms with Crippen LogP contribution in [0, 0.1) is 0 Å². The van der Waals surface area contributed by atoms with Gasteiger partial charge in [0.1, 0.15) is 0 Å². The Labute approximate surface area is 129 Å². The van der Waals surface area contributed by atoms with Gasteiger partial charge in [-0.25, -0.2) is 0 Å². The minimum atomic E-state index is 0.523. The summed E-state index contributed by atoms with van der Waals surface area (Å²) in [4.78, 5) is 0. The van der Waals surface area contributed by atoms with E-state index in [2.05, 4.69) is 82.8 Å². The van der Waals surface area contributed by atoms with Gasteiger partial charge in [-0.3, -0.25) is 0 Å². The Morgan fingerprint density at radius 1 is 1.10 bits per heavy atom. The molecular weight excluding hydrogens is 310 g/mol. The molecule has 0 spiro atoms. The predicted molar refractivity (Wildman–Crippen MR) is 88.0 cm³/mol. The fourth-order valence-electron chi connectivity index (χ4n) is 2.85. The lowest BCUT2D eigenvalue weighted by Gasteiger charge is -2.14. The Morgan fingerprint density at radius 3 is 2.50 bits per heavy atom. The van der Waals surface area contributed by atoms with Crippen molar-refractivity contribution < 1.29 is 0 Å². The lowest BCUT2D eigenvalue weighted by Crippen LogP contribution is -2.30. The Morgan fingerprint density at radius 2 is 1.80 bits per heavy atom. The van der Waals surface area contributed by atoms with Crippen molar-refractivity contribution in [2.45, 2.75) is 37.8 Å². The third kappa shape index (κ3) is 3.50. The van der Waals surface area contributed by atoms with E-state index in [0.29, 0.717) is 18.0 Å². The molecule has 20 heavy (non-hydrogen) atoms. The first-order chi connectivity index (χ1) is 9.72. The first-order valence-corrected chi connectivity index (χ1v) is 8.07. The normalized spacial score (nSPS) is 22.5. The predicted octanol–water partition coefficient (Wildman–Crippen LogP) is 4.53. The van der Waals surface area contributed by atoms with Gasteiger partial charge in [0.15, 0.2) is 0 Å². The number of hydrogen-bond donors (Lipinski definition) is 1. The topological polar surface area (TPSA) is 12.0 Å². The van der Waals surface area contributed by atoms with Gasteiger partial charge in [0.25, 0.3) is 0 Å². The quantitative estimate of drug-likeness (QED) is 0.850. The van der Waals surface area contributed by atoms with Crippen LogP contribution >= 0.6 is 15.9 Å². The van der Waals surface area contributed by atoms with E-state index < -0.39 is 0 Å². The van der Waals surface area contributed by atoms with Crippen LogP contribution in [-0.4, -0.2) is 12.1 Å². The molecule has 0 saturated heterocycles. The maximum atomic E-state index is 3.75. The number of nitrogens with one attached hydrogen (secondary N) is 1. The SMILES string of the molecule is CC(Cc1ccc(Br)cc1)NC1CC1c1ccccc1. The van der Waals surface area contributed by atoms with Crippen LogP contribution in [0.25, 0.3) is 0 Å². The summed E-state index contributed by atoms with van der Waals surface area (Å²) in [5.74, 6) is 0.712. The largest absolute Gasteiger partial charge is 0.311 e. The number of halogens is 1. The molecule has 0 heterocycles. The zero-order chi connectivity index (χ0) is 13.9. The zero-order valence-corrected chi connectivity index (χ0v) is 13.3. The van der Waals surface area contributed by atoms with E-state index >= 15 is 0 Å². The number of benzene rings is 2. The summed E-state index contributed by atoms with van der Waals surface area (Å²) in [6.45, 7) is 2.28. The van der Waals surface area contributed by atoms with Gasteiger partial charge >= 0.3 is 0 Å². The van der Waals surface area contributed by atoms with Crippen LogP contribution in [0.4, 0.5) is 0 Å². The highest BCUT2D eigenvalue weighted by molar-refractivity contribution is 9.10. The van der Waals surface area contributed by atoms with E-state index in [1.165, 1.54) is 17.5 Å². The lowest BCUT2D eigenvalue weighted by atomic mass is 10.1. The fourth-order valence-corrected chi connectivity index (χ4v) is 3.11. The minimum absolute atomic E-state index is 0.523. The van der Waals surface area contributed by atoms with Crippen molar-refractivity contribution in [3.05, 3.63) is 70.2 Å². The van der Waals surface area contributed by atoms with Crippen molar-refractivity contribution in [3.63, 3.8) is 0 Å². The molecule has 1 saturated carbocycles. The Bertz CT molecular complexity index is 549. The van der Waals surface area contributed by atoms with Gasteiger partial charge in [-0.15, -0.1) is 0 Å². The van der Waals surface area contributed by atoms with Crippen LogP contribution in [0.3, 0.4) is 0 Å². The first kappa shape index (κ1) is 13.8. The van der Waals surface area contributed by atoms with Gasteiger partial charge in [0.2, 0.25) is 0 Å². The van der Waals surface area contributed by atoms with Crippen molar-refractivity contribution in [1.82, 2.24) is 5.32 Å². The molecule has 1 aliphatic carbocycles. The molecule has 1 N–H and O–H groups in total. The molecule has 3 atom stereocenters.